The monoisotopic (exact) mass is 342 g/mol. The Bertz CT molecular complexity index is 838. The number of allylic oxidation sites excluding steroid dienone is 2. The van der Waals surface area contributed by atoms with Gasteiger partial charge in [0.15, 0.2) is 0 Å². The molecule has 0 aliphatic carbocycles. The molecule has 2 heterocycles. The molecule has 2 aromatic rings. The third kappa shape index (κ3) is 2.49. The van der Waals surface area contributed by atoms with E-state index in [9.17, 15) is 4.79 Å². The van der Waals surface area contributed by atoms with Gasteiger partial charge in [0, 0.05) is 27.8 Å². The van der Waals surface area contributed by atoms with Gasteiger partial charge in [0.25, 0.3) is 5.91 Å². The van der Waals surface area contributed by atoms with Gasteiger partial charge in [0.05, 0.1) is 12.1 Å². The highest BCUT2D eigenvalue weighted by Gasteiger charge is 2.37. The summed E-state index contributed by atoms with van der Waals surface area (Å²) in [5, 5.41) is 4.40. The number of carbonyl (C=O) groups is 1. The molecule has 0 spiro atoms. The van der Waals surface area contributed by atoms with Gasteiger partial charge >= 0.3 is 0 Å². The molecule has 0 saturated carbocycles. The first-order valence-electron chi connectivity index (χ1n) is 7.98. The van der Waals surface area contributed by atoms with E-state index < -0.39 is 5.91 Å². The number of nitrogens with two attached hydrogens (primary N) is 1. The number of anilines is 1. The molecule has 1 aliphatic rings. The Balaban J connectivity index is 2.37. The zero-order chi connectivity index (χ0) is 17.5. The second-order valence-corrected chi connectivity index (χ2v) is 7.32. The van der Waals surface area contributed by atoms with Crippen LogP contribution in [0.25, 0.3) is 11.1 Å². The van der Waals surface area contributed by atoms with E-state index >= 15 is 0 Å². The van der Waals surface area contributed by atoms with Crippen molar-refractivity contribution in [2.24, 2.45) is 5.73 Å². The first kappa shape index (κ1) is 16.6. The first-order chi connectivity index (χ1) is 11.4. The average Bonchev–Trinajstić information content (AvgIpc) is 2.94. The van der Waals surface area contributed by atoms with Crippen molar-refractivity contribution in [3.8, 4) is 16.9 Å². The molecule has 4 nitrogen and oxygen atoms in total. The summed E-state index contributed by atoms with van der Waals surface area (Å²) in [7, 11) is 1.64. The smallest absolute Gasteiger partial charge is 0.259 e. The molecule has 1 unspecified atom stereocenters. The Labute approximate surface area is 146 Å². The van der Waals surface area contributed by atoms with Gasteiger partial charge in [-0.05, 0) is 19.4 Å². The normalized spacial score (nSPS) is 19.2. The van der Waals surface area contributed by atoms with Crippen LogP contribution in [0.4, 0.5) is 5.00 Å². The van der Waals surface area contributed by atoms with Crippen molar-refractivity contribution >= 4 is 22.2 Å². The molecule has 5 heteroatoms. The van der Waals surface area contributed by atoms with Crippen molar-refractivity contribution in [1.82, 2.24) is 0 Å². The van der Waals surface area contributed by atoms with Gasteiger partial charge in [-0.2, -0.15) is 0 Å². The van der Waals surface area contributed by atoms with E-state index in [1.807, 2.05) is 31.2 Å². The summed E-state index contributed by atoms with van der Waals surface area (Å²) in [5.74, 6) is 0.332. The summed E-state index contributed by atoms with van der Waals surface area (Å²) in [4.78, 5) is 12.7. The number of fused-ring (bicyclic) bond motifs is 1. The minimum Gasteiger partial charge on any atom is -0.496 e. The van der Waals surface area contributed by atoms with Crippen LogP contribution in [-0.2, 0) is 5.41 Å². The number of rotatable bonds is 4. The van der Waals surface area contributed by atoms with Crippen LogP contribution in [0.1, 0.15) is 42.4 Å². The molecule has 1 amide bonds. The van der Waals surface area contributed by atoms with E-state index in [0.29, 0.717) is 4.88 Å². The number of methoxy groups -OCH3 is 1. The Morgan fingerprint density at radius 2 is 2.08 bits per heavy atom. The van der Waals surface area contributed by atoms with Gasteiger partial charge in [0.1, 0.15) is 10.6 Å². The van der Waals surface area contributed by atoms with Gasteiger partial charge < -0.3 is 15.8 Å². The quantitative estimate of drug-likeness (QED) is 0.858. The number of carbonyl (C=O) groups excluding carboxylic acids is 1. The molecule has 0 bridgehead atoms. The van der Waals surface area contributed by atoms with Crippen molar-refractivity contribution in [1.29, 1.82) is 0 Å². The van der Waals surface area contributed by atoms with Crippen LogP contribution < -0.4 is 15.8 Å². The number of nitrogens with one attached hydrogen (secondary N) is 1. The SMILES string of the molecule is CCC1(C)C=C(C)Nc2sc(C(N)=O)c(-c3ccccc3OC)c21. The summed E-state index contributed by atoms with van der Waals surface area (Å²) < 4.78 is 5.53. The number of ether oxygens (including phenoxy) is 1. The van der Waals surface area contributed by atoms with Gasteiger partial charge in [0.2, 0.25) is 0 Å². The van der Waals surface area contributed by atoms with Crippen LogP contribution in [0.15, 0.2) is 36.0 Å². The fraction of sp³-hybridized carbons (Fsp3) is 0.316. The van der Waals surface area contributed by atoms with Crippen molar-refractivity contribution in [2.45, 2.75) is 32.6 Å². The molecule has 3 rings (SSSR count). The van der Waals surface area contributed by atoms with Crippen LogP contribution in [0, 0.1) is 0 Å². The molecule has 0 fully saturated rings. The second-order valence-electron chi connectivity index (χ2n) is 6.30. The zero-order valence-electron chi connectivity index (χ0n) is 14.4. The largest absolute Gasteiger partial charge is 0.496 e. The summed E-state index contributed by atoms with van der Waals surface area (Å²) in [5.41, 5.74) is 9.55. The van der Waals surface area contributed by atoms with E-state index in [1.54, 1.807) is 7.11 Å². The Hall–Kier alpha value is -2.27. The van der Waals surface area contributed by atoms with Crippen LogP contribution in [-0.4, -0.2) is 13.0 Å². The predicted octanol–water partition coefficient (Wildman–Crippen LogP) is 4.52. The standard InChI is InChI=1S/C19H22N2O2S/c1-5-19(3)10-11(2)21-18-15(19)14(16(24-18)17(20)22)12-8-6-7-9-13(12)23-4/h6-10,21H,5H2,1-4H3,(H2,20,22). The van der Waals surface area contributed by atoms with Crippen LogP contribution in [0.3, 0.4) is 0 Å². The lowest BCUT2D eigenvalue weighted by atomic mass is 9.75. The lowest BCUT2D eigenvalue weighted by molar-refractivity contribution is 0.100. The number of para-hydroxylation sites is 1. The molecule has 0 radical (unpaired) electrons. The van der Waals surface area contributed by atoms with E-state index in [2.05, 4.69) is 25.2 Å². The van der Waals surface area contributed by atoms with E-state index in [4.69, 9.17) is 10.5 Å². The number of primary amides is 1. The maximum atomic E-state index is 12.1. The molecule has 1 aromatic heterocycles. The van der Waals surface area contributed by atoms with E-state index in [-0.39, 0.29) is 5.41 Å². The maximum absolute atomic E-state index is 12.1. The number of hydrogen-bond acceptors (Lipinski definition) is 4. The first-order valence-corrected chi connectivity index (χ1v) is 8.80. The van der Waals surface area contributed by atoms with Gasteiger partial charge in [-0.25, -0.2) is 0 Å². The summed E-state index contributed by atoms with van der Waals surface area (Å²) in [6.45, 7) is 6.41. The minimum atomic E-state index is -0.409. The molecule has 0 saturated heterocycles. The van der Waals surface area contributed by atoms with Crippen molar-refractivity contribution in [3.63, 3.8) is 0 Å². The third-order valence-electron chi connectivity index (χ3n) is 4.66. The highest BCUT2D eigenvalue weighted by atomic mass is 32.1. The Morgan fingerprint density at radius 3 is 2.71 bits per heavy atom. The molecular formula is C19H22N2O2S. The van der Waals surface area contributed by atoms with Crippen molar-refractivity contribution in [3.05, 3.63) is 46.5 Å². The number of benzene rings is 1. The highest BCUT2D eigenvalue weighted by molar-refractivity contribution is 7.18. The number of thiophene rings is 1. The van der Waals surface area contributed by atoms with E-state index in [0.717, 1.165) is 39.6 Å². The lowest BCUT2D eigenvalue weighted by Gasteiger charge is -2.32. The van der Waals surface area contributed by atoms with Crippen molar-refractivity contribution < 1.29 is 9.53 Å². The molecular weight excluding hydrogens is 320 g/mol. The Morgan fingerprint density at radius 1 is 1.38 bits per heavy atom. The maximum Gasteiger partial charge on any atom is 0.259 e. The zero-order valence-corrected chi connectivity index (χ0v) is 15.2. The minimum absolute atomic E-state index is 0.162. The highest BCUT2D eigenvalue weighted by Crippen LogP contribution is 2.52. The number of amides is 1. The fourth-order valence-electron chi connectivity index (χ4n) is 3.39. The van der Waals surface area contributed by atoms with Crippen LogP contribution in [0.2, 0.25) is 0 Å². The Kier molecular flexibility index (Phi) is 4.13. The van der Waals surface area contributed by atoms with Gasteiger partial charge in [-0.3, -0.25) is 4.79 Å². The second kappa shape index (κ2) is 5.98. The molecule has 126 valence electrons. The van der Waals surface area contributed by atoms with Crippen LogP contribution >= 0.6 is 11.3 Å². The average molecular weight is 342 g/mol. The molecule has 1 aliphatic heterocycles. The topological polar surface area (TPSA) is 64.3 Å². The summed E-state index contributed by atoms with van der Waals surface area (Å²) in [6.07, 6.45) is 3.15. The molecule has 1 atom stereocenters. The molecule has 1 aromatic carbocycles. The molecule has 3 N–H and O–H groups in total. The summed E-state index contributed by atoms with van der Waals surface area (Å²) in [6, 6.07) is 7.76. The van der Waals surface area contributed by atoms with Crippen LogP contribution in [0.5, 0.6) is 5.75 Å². The fourth-order valence-corrected chi connectivity index (χ4v) is 4.66. The van der Waals surface area contributed by atoms with Gasteiger partial charge in [-0.15, -0.1) is 11.3 Å². The predicted molar refractivity (Wildman–Crippen MR) is 99.8 cm³/mol. The van der Waals surface area contributed by atoms with Crippen molar-refractivity contribution in [2.75, 3.05) is 12.4 Å². The molecule has 24 heavy (non-hydrogen) atoms. The lowest BCUT2D eigenvalue weighted by Crippen LogP contribution is -2.25. The summed E-state index contributed by atoms with van der Waals surface area (Å²) >= 11 is 1.42. The number of hydrogen-bond donors (Lipinski definition) is 2. The van der Waals surface area contributed by atoms with Gasteiger partial charge in [-0.1, -0.05) is 38.1 Å². The van der Waals surface area contributed by atoms with E-state index in [1.165, 1.54) is 11.3 Å². The third-order valence-corrected chi connectivity index (χ3v) is 5.78.